The highest BCUT2D eigenvalue weighted by Crippen LogP contribution is 2.33. The standard InChI is InChI=1S/C11H23NO/c1-3-11(9-13-2)12-8-4-5-10-6-7-10/h10-12H,3-9H2,1-2H3. The predicted octanol–water partition coefficient (Wildman–Crippen LogP) is 2.19. The van der Waals surface area contributed by atoms with Gasteiger partial charge in [0.05, 0.1) is 6.61 Å². The van der Waals surface area contributed by atoms with Crippen molar-refractivity contribution < 1.29 is 4.74 Å². The Bertz CT molecular complexity index is 123. The van der Waals surface area contributed by atoms with Crippen LogP contribution in [0.4, 0.5) is 0 Å². The van der Waals surface area contributed by atoms with Gasteiger partial charge in [-0.3, -0.25) is 0 Å². The molecule has 0 aromatic rings. The van der Waals surface area contributed by atoms with Crippen LogP contribution >= 0.6 is 0 Å². The molecule has 2 nitrogen and oxygen atoms in total. The van der Waals surface area contributed by atoms with Crippen LogP contribution in [0.1, 0.15) is 39.0 Å². The molecular formula is C11H23NO. The van der Waals surface area contributed by atoms with Crippen molar-refractivity contribution in [2.45, 2.75) is 45.1 Å². The fourth-order valence-electron chi connectivity index (χ4n) is 1.63. The first kappa shape index (κ1) is 11.0. The van der Waals surface area contributed by atoms with Gasteiger partial charge in [-0.05, 0) is 31.7 Å². The molecule has 0 aliphatic heterocycles. The Morgan fingerprint density at radius 1 is 1.46 bits per heavy atom. The van der Waals surface area contributed by atoms with E-state index in [2.05, 4.69) is 12.2 Å². The van der Waals surface area contributed by atoms with Crippen LogP contribution in [0.25, 0.3) is 0 Å². The minimum atomic E-state index is 0.559. The number of ether oxygens (including phenoxy) is 1. The van der Waals surface area contributed by atoms with Crippen LogP contribution in [0.15, 0.2) is 0 Å². The summed E-state index contributed by atoms with van der Waals surface area (Å²) in [7, 11) is 1.77. The smallest absolute Gasteiger partial charge is 0.0615 e. The molecule has 1 N–H and O–H groups in total. The number of rotatable bonds is 8. The second-order valence-electron chi connectivity index (χ2n) is 4.10. The molecule has 1 rings (SSSR count). The normalized spacial score (nSPS) is 18.9. The summed E-state index contributed by atoms with van der Waals surface area (Å²) in [5.41, 5.74) is 0. The molecule has 1 aliphatic rings. The SMILES string of the molecule is CCC(COC)NCCCC1CC1. The minimum absolute atomic E-state index is 0.559. The van der Waals surface area contributed by atoms with E-state index in [1.165, 1.54) is 32.2 Å². The van der Waals surface area contributed by atoms with Crippen molar-refractivity contribution in [3.05, 3.63) is 0 Å². The molecule has 1 aliphatic carbocycles. The number of methoxy groups -OCH3 is 1. The van der Waals surface area contributed by atoms with E-state index in [1.54, 1.807) is 7.11 Å². The van der Waals surface area contributed by atoms with E-state index in [-0.39, 0.29) is 0 Å². The average molecular weight is 185 g/mol. The van der Waals surface area contributed by atoms with Gasteiger partial charge in [-0.15, -0.1) is 0 Å². The van der Waals surface area contributed by atoms with E-state index in [4.69, 9.17) is 4.74 Å². The molecule has 0 spiro atoms. The lowest BCUT2D eigenvalue weighted by Crippen LogP contribution is -2.33. The van der Waals surface area contributed by atoms with Gasteiger partial charge < -0.3 is 10.1 Å². The molecule has 1 unspecified atom stereocenters. The number of hydrogen-bond donors (Lipinski definition) is 1. The molecule has 0 saturated heterocycles. The quantitative estimate of drug-likeness (QED) is 0.585. The molecule has 0 aromatic heterocycles. The van der Waals surface area contributed by atoms with E-state index < -0.39 is 0 Å². The van der Waals surface area contributed by atoms with E-state index in [9.17, 15) is 0 Å². The first-order chi connectivity index (χ1) is 6.36. The van der Waals surface area contributed by atoms with Gasteiger partial charge in [0.25, 0.3) is 0 Å². The molecule has 1 saturated carbocycles. The summed E-state index contributed by atoms with van der Waals surface area (Å²) in [4.78, 5) is 0. The first-order valence-electron chi connectivity index (χ1n) is 5.59. The van der Waals surface area contributed by atoms with Crippen molar-refractivity contribution in [2.24, 2.45) is 5.92 Å². The summed E-state index contributed by atoms with van der Waals surface area (Å²) in [6.45, 7) is 4.22. The predicted molar refractivity (Wildman–Crippen MR) is 55.9 cm³/mol. The zero-order valence-corrected chi connectivity index (χ0v) is 9.01. The minimum Gasteiger partial charge on any atom is -0.383 e. The molecule has 1 atom stereocenters. The van der Waals surface area contributed by atoms with Crippen molar-refractivity contribution >= 4 is 0 Å². The van der Waals surface area contributed by atoms with Gasteiger partial charge >= 0.3 is 0 Å². The van der Waals surface area contributed by atoms with E-state index >= 15 is 0 Å². The first-order valence-corrected chi connectivity index (χ1v) is 5.59. The van der Waals surface area contributed by atoms with Gasteiger partial charge in [0.2, 0.25) is 0 Å². The topological polar surface area (TPSA) is 21.3 Å². The number of nitrogens with one attached hydrogen (secondary N) is 1. The zero-order valence-electron chi connectivity index (χ0n) is 9.01. The lowest BCUT2D eigenvalue weighted by Gasteiger charge is -2.15. The van der Waals surface area contributed by atoms with E-state index in [0.717, 1.165) is 18.9 Å². The molecular weight excluding hydrogens is 162 g/mol. The Morgan fingerprint density at radius 3 is 2.77 bits per heavy atom. The van der Waals surface area contributed by atoms with Crippen LogP contribution in [0.2, 0.25) is 0 Å². The van der Waals surface area contributed by atoms with Crippen molar-refractivity contribution in [2.75, 3.05) is 20.3 Å². The van der Waals surface area contributed by atoms with Crippen LogP contribution in [0.5, 0.6) is 0 Å². The molecule has 0 heterocycles. The van der Waals surface area contributed by atoms with Gasteiger partial charge in [0.15, 0.2) is 0 Å². The Hall–Kier alpha value is -0.0800. The summed E-state index contributed by atoms with van der Waals surface area (Å²) < 4.78 is 5.12. The highest BCUT2D eigenvalue weighted by molar-refractivity contribution is 4.73. The highest BCUT2D eigenvalue weighted by atomic mass is 16.5. The van der Waals surface area contributed by atoms with Crippen LogP contribution in [-0.2, 0) is 4.74 Å². The molecule has 78 valence electrons. The fraction of sp³-hybridized carbons (Fsp3) is 1.00. The summed E-state index contributed by atoms with van der Waals surface area (Å²) in [5, 5.41) is 3.53. The highest BCUT2D eigenvalue weighted by Gasteiger charge is 2.20. The average Bonchev–Trinajstić information content (AvgIpc) is 2.94. The Labute approximate surface area is 82.0 Å². The van der Waals surface area contributed by atoms with Crippen molar-refractivity contribution in [1.82, 2.24) is 5.32 Å². The Morgan fingerprint density at radius 2 is 2.23 bits per heavy atom. The maximum atomic E-state index is 5.12. The van der Waals surface area contributed by atoms with Crippen LogP contribution in [0, 0.1) is 5.92 Å². The van der Waals surface area contributed by atoms with Crippen LogP contribution < -0.4 is 5.32 Å². The fourth-order valence-corrected chi connectivity index (χ4v) is 1.63. The van der Waals surface area contributed by atoms with Crippen molar-refractivity contribution in [3.8, 4) is 0 Å². The van der Waals surface area contributed by atoms with Gasteiger partial charge in [0, 0.05) is 13.2 Å². The maximum absolute atomic E-state index is 5.12. The van der Waals surface area contributed by atoms with Gasteiger partial charge in [-0.1, -0.05) is 19.8 Å². The second kappa shape index (κ2) is 6.39. The van der Waals surface area contributed by atoms with Gasteiger partial charge in [-0.25, -0.2) is 0 Å². The van der Waals surface area contributed by atoms with Gasteiger partial charge in [0.1, 0.15) is 0 Å². The molecule has 2 heteroatoms. The second-order valence-corrected chi connectivity index (χ2v) is 4.10. The number of hydrogen-bond acceptors (Lipinski definition) is 2. The largest absolute Gasteiger partial charge is 0.383 e. The third-order valence-electron chi connectivity index (χ3n) is 2.78. The summed E-state index contributed by atoms with van der Waals surface area (Å²) >= 11 is 0. The van der Waals surface area contributed by atoms with E-state index in [0.29, 0.717) is 6.04 Å². The van der Waals surface area contributed by atoms with Crippen LogP contribution in [0.3, 0.4) is 0 Å². The zero-order chi connectivity index (χ0) is 9.52. The Balaban J connectivity index is 1.88. The monoisotopic (exact) mass is 185 g/mol. The Kier molecular flexibility index (Phi) is 5.40. The third kappa shape index (κ3) is 5.27. The van der Waals surface area contributed by atoms with Crippen molar-refractivity contribution in [1.29, 1.82) is 0 Å². The van der Waals surface area contributed by atoms with Crippen LogP contribution in [-0.4, -0.2) is 26.3 Å². The summed E-state index contributed by atoms with van der Waals surface area (Å²) in [6.07, 6.45) is 6.89. The van der Waals surface area contributed by atoms with Gasteiger partial charge in [-0.2, -0.15) is 0 Å². The molecule has 0 radical (unpaired) electrons. The van der Waals surface area contributed by atoms with Crippen molar-refractivity contribution in [3.63, 3.8) is 0 Å². The lowest BCUT2D eigenvalue weighted by atomic mass is 10.2. The molecule has 13 heavy (non-hydrogen) atoms. The summed E-state index contributed by atoms with van der Waals surface area (Å²) in [5.74, 6) is 1.07. The third-order valence-corrected chi connectivity index (χ3v) is 2.78. The molecule has 1 fully saturated rings. The molecule has 0 amide bonds. The van der Waals surface area contributed by atoms with E-state index in [1.807, 2.05) is 0 Å². The lowest BCUT2D eigenvalue weighted by molar-refractivity contribution is 0.164. The molecule has 0 bridgehead atoms. The summed E-state index contributed by atoms with van der Waals surface area (Å²) in [6, 6.07) is 0.559. The molecule has 0 aromatic carbocycles. The maximum Gasteiger partial charge on any atom is 0.0615 e.